The Balaban J connectivity index is 1.66. The molecule has 2 aromatic carbocycles. The predicted molar refractivity (Wildman–Crippen MR) is 120 cm³/mol. The van der Waals surface area contributed by atoms with Gasteiger partial charge in [-0.15, -0.1) is 0 Å². The quantitative estimate of drug-likeness (QED) is 0.414. The zero-order valence-electron chi connectivity index (χ0n) is 15.9. The lowest BCUT2D eigenvalue weighted by Gasteiger charge is -2.27. The van der Waals surface area contributed by atoms with Gasteiger partial charge in [-0.25, -0.2) is 0 Å². The number of rotatable bonds is 4. The zero-order chi connectivity index (χ0) is 18.6. The fourth-order valence-electron chi connectivity index (χ4n) is 4.81. The minimum Gasteiger partial charge on any atom is -0.457 e. The van der Waals surface area contributed by atoms with Gasteiger partial charge in [-0.1, -0.05) is 70.4 Å². The van der Waals surface area contributed by atoms with Gasteiger partial charge in [0.2, 0.25) is 0 Å². The standard InChI is InChI=1S/C24H28Br2O/c25-19-11-13-23(21(15-19)17-7-3-1-4-8-17)27-24-14-12-20(26)16-22(24)18-9-5-2-6-10-18/h11-18H,1-10H2. The van der Waals surface area contributed by atoms with E-state index in [1.54, 1.807) is 0 Å². The highest BCUT2D eigenvalue weighted by atomic mass is 79.9. The molecule has 0 atom stereocenters. The van der Waals surface area contributed by atoms with E-state index in [-0.39, 0.29) is 0 Å². The van der Waals surface area contributed by atoms with Crippen LogP contribution in [-0.4, -0.2) is 0 Å². The largest absolute Gasteiger partial charge is 0.457 e. The van der Waals surface area contributed by atoms with Crippen molar-refractivity contribution in [3.05, 3.63) is 56.5 Å². The lowest BCUT2D eigenvalue weighted by molar-refractivity contribution is 0.403. The molecule has 0 bridgehead atoms. The lowest BCUT2D eigenvalue weighted by atomic mass is 9.83. The first kappa shape index (κ1) is 19.5. The summed E-state index contributed by atoms with van der Waals surface area (Å²) in [5.41, 5.74) is 2.75. The highest BCUT2D eigenvalue weighted by Gasteiger charge is 2.23. The molecule has 0 aliphatic heterocycles. The molecule has 0 aromatic heterocycles. The van der Waals surface area contributed by atoms with Crippen LogP contribution < -0.4 is 4.74 Å². The summed E-state index contributed by atoms with van der Waals surface area (Å²) in [6.45, 7) is 0. The first-order valence-electron chi connectivity index (χ1n) is 10.5. The molecule has 2 aromatic rings. The summed E-state index contributed by atoms with van der Waals surface area (Å²) < 4.78 is 8.92. The molecular formula is C24H28Br2O. The van der Waals surface area contributed by atoms with E-state index in [1.165, 1.54) is 75.3 Å². The van der Waals surface area contributed by atoms with Crippen molar-refractivity contribution in [3.63, 3.8) is 0 Å². The van der Waals surface area contributed by atoms with E-state index in [0.29, 0.717) is 11.8 Å². The molecule has 0 spiro atoms. The molecular weight excluding hydrogens is 464 g/mol. The van der Waals surface area contributed by atoms with Gasteiger partial charge in [0, 0.05) is 8.95 Å². The number of halogens is 2. The average molecular weight is 492 g/mol. The normalized spacial score (nSPS) is 19.2. The second-order valence-electron chi connectivity index (χ2n) is 8.14. The second-order valence-corrected chi connectivity index (χ2v) is 9.97. The van der Waals surface area contributed by atoms with E-state index >= 15 is 0 Å². The van der Waals surface area contributed by atoms with Crippen LogP contribution in [0.2, 0.25) is 0 Å². The average Bonchev–Trinajstić information content (AvgIpc) is 2.72. The van der Waals surface area contributed by atoms with Gasteiger partial charge in [-0.2, -0.15) is 0 Å². The molecule has 0 heterocycles. The van der Waals surface area contributed by atoms with Crippen LogP contribution in [0.25, 0.3) is 0 Å². The predicted octanol–water partition coefficient (Wildman–Crippen LogP) is 9.10. The van der Waals surface area contributed by atoms with E-state index in [4.69, 9.17) is 4.74 Å². The maximum Gasteiger partial charge on any atom is 0.130 e. The third-order valence-corrected chi connectivity index (χ3v) is 7.24. The van der Waals surface area contributed by atoms with Crippen LogP contribution in [0.15, 0.2) is 45.3 Å². The van der Waals surface area contributed by atoms with E-state index in [2.05, 4.69) is 68.3 Å². The van der Waals surface area contributed by atoms with Crippen LogP contribution in [0.1, 0.15) is 87.2 Å². The molecule has 2 aliphatic carbocycles. The third kappa shape index (κ3) is 4.79. The molecule has 2 saturated carbocycles. The summed E-state index contributed by atoms with van der Waals surface area (Å²) in [4.78, 5) is 0. The minimum absolute atomic E-state index is 0.625. The van der Waals surface area contributed by atoms with E-state index in [0.717, 1.165) is 20.4 Å². The molecule has 2 fully saturated rings. The number of hydrogen-bond acceptors (Lipinski definition) is 1. The summed E-state index contributed by atoms with van der Waals surface area (Å²) >= 11 is 7.35. The minimum atomic E-state index is 0.625. The summed E-state index contributed by atoms with van der Waals surface area (Å²) in [5.74, 6) is 3.34. The molecule has 0 N–H and O–H groups in total. The lowest BCUT2D eigenvalue weighted by Crippen LogP contribution is -2.08. The topological polar surface area (TPSA) is 9.23 Å². The molecule has 0 amide bonds. The Morgan fingerprint density at radius 2 is 1.00 bits per heavy atom. The van der Waals surface area contributed by atoms with Crippen LogP contribution in [0.4, 0.5) is 0 Å². The Kier molecular flexibility index (Phi) is 6.60. The molecule has 1 nitrogen and oxygen atoms in total. The van der Waals surface area contributed by atoms with Crippen molar-refractivity contribution in [1.29, 1.82) is 0 Å². The van der Waals surface area contributed by atoms with Gasteiger partial charge >= 0.3 is 0 Å². The number of hydrogen-bond donors (Lipinski definition) is 0. The van der Waals surface area contributed by atoms with Crippen molar-refractivity contribution in [2.45, 2.75) is 76.0 Å². The summed E-state index contributed by atoms with van der Waals surface area (Å²) in [6.07, 6.45) is 13.2. The van der Waals surface area contributed by atoms with Crippen molar-refractivity contribution in [2.24, 2.45) is 0 Å². The van der Waals surface area contributed by atoms with Gasteiger partial charge in [-0.05, 0) is 85.0 Å². The maximum atomic E-state index is 6.62. The Labute approximate surface area is 180 Å². The van der Waals surface area contributed by atoms with E-state index in [9.17, 15) is 0 Å². The molecule has 144 valence electrons. The molecule has 0 saturated heterocycles. The molecule has 3 heteroatoms. The smallest absolute Gasteiger partial charge is 0.130 e. The Bertz CT molecular complexity index is 708. The highest BCUT2D eigenvalue weighted by Crippen LogP contribution is 2.44. The monoisotopic (exact) mass is 490 g/mol. The molecule has 27 heavy (non-hydrogen) atoms. The Hall–Kier alpha value is -0.800. The maximum absolute atomic E-state index is 6.62. The van der Waals surface area contributed by atoms with Gasteiger partial charge in [-0.3, -0.25) is 0 Å². The van der Waals surface area contributed by atoms with Gasteiger partial charge in [0.25, 0.3) is 0 Å². The molecule has 4 rings (SSSR count). The van der Waals surface area contributed by atoms with Gasteiger partial charge in [0.05, 0.1) is 0 Å². The zero-order valence-corrected chi connectivity index (χ0v) is 19.0. The van der Waals surface area contributed by atoms with Crippen molar-refractivity contribution in [3.8, 4) is 11.5 Å². The van der Waals surface area contributed by atoms with Crippen LogP contribution in [0.3, 0.4) is 0 Å². The van der Waals surface area contributed by atoms with Crippen LogP contribution in [0, 0.1) is 0 Å². The Morgan fingerprint density at radius 3 is 1.41 bits per heavy atom. The van der Waals surface area contributed by atoms with Gasteiger partial charge in [0.15, 0.2) is 0 Å². The van der Waals surface area contributed by atoms with Crippen molar-refractivity contribution in [2.75, 3.05) is 0 Å². The Morgan fingerprint density at radius 1 is 0.593 bits per heavy atom. The van der Waals surface area contributed by atoms with E-state index in [1.807, 2.05) is 0 Å². The van der Waals surface area contributed by atoms with Gasteiger partial charge in [0.1, 0.15) is 11.5 Å². The van der Waals surface area contributed by atoms with Crippen molar-refractivity contribution < 1.29 is 4.74 Å². The molecule has 0 radical (unpaired) electrons. The van der Waals surface area contributed by atoms with Gasteiger partial charge < -0.3 is 4.74 Å². The second kappa shape index (κ2) is 9.13. The fourth-order valence-corrected chi connectivity index (χ4v) is 5.57. The highest BCUT2D eigenvalue weighted by molar-refractivity contribution is 9.10. The van der Waals surface area contributed by atoms with Crippen LogP contribution >= 0.6 is 31.9 Å². The first-order valence-corrected chi connectivity index (χ1v) is 12.1. The van der Waals surface area contributed by atoms with E-state index < -0.39 is 0 Å². The van der Waals surface area contributed by atoms with Crippen LogP contribution in [0.5, 0.6) is 11.5 Å². The summed E-state index contributed by atoms with van der Waals surface area (Å²) in [5, 5.41) is 0. The summed E-state index contributed by atoms with van der Waals surface area (Å²) in [6, 6.07) is 13.1. The van der Waals surface area contributed by atoms with Crippen LogP contribution in [-0.2, 0) is 0 Å². The number of ether oxygens (including phenoxy) is 1. The SMILES string of the molecule is Brc1ccc(Oc2ccc(Br)cc2C2CCCCC2)c(C2CCCCC2)c1. The molecule has 2 aliphatic rings. The summed E-state index contributed by atoms with van der Waals surface area (Å²) in [7, 11) is 0. The molecule has 0 unspecified atom stereocenters. The van der Waals surface area contributed by atoms with Crippen molar-refractivity contribution >= 4 is 31.9 Å². The number of benzene rings is 2. The third-order valence-electron chi connectivity index (χ3n) is 6.25. The van der Waals surface area contributed by atoms with Crippen molar-refractivity contribution in [1.82, 2.24) is 0 Å². The first-order chi connectivity index (χ1) is 13.2. The fraction of sp³-hybridized carbons (Fsp3) is 0.500.